The third kappa shape index (κ3) is 3.51. The molecule has 0 fully saturated rings. The second kappa shape index (κ2) is 5.60. The van der Waals surface area contributed by atoms with E-state index in [1.165, 1.54) is 6.07 Å². The van der Waals surface area contributed by atoms with E-state index in [0.717, 1.165) is 10.2 Å². The molecule has 1 heterocycles. The Kier molecular flexibility index (Phi) is 4.12. The first kappa shape index (κ1) is 12.5. The number of halogens is 3. The standard InChI is InChI=1S/C12H8Br2FNO/c13-10-5-8(1-3-11(10)15)7-17-9-2-4-12(14)16-6-9/h1-6H,7H2. The predicted molar refractivity (Wildman–Crippen MR) is 70.4 cm³/mol. The second-order valence-corrected chi connectivity index (χ2v) is 5.02. The average molecular weight is 361 g/mol. The lowest BCUT2D eigenvalue weighted by Crippen LogP contribution is -1.96. The first-order valence-electron chi connectivity index (χ1n) is 4.83. The number of hydrogen-bond acceptors (Lipinski definition) is 2. The Labute approximate surface area is 115 Å². The molecule has 0 spiro atoms. The summed E-state index contributed by atoms with van der Waals surface area (Å²) in [6.45, 7) is 0.377. The van der Waals surface area contributed by atoms with Gasteiger partial charge in [0.25, 0.3) is 0 Å². The Bertz CT molecular complexity index is 516. The first-order chi connectivity index (χ1) is 8.15. The van der Waals surface area contributed by atoms with Gasteiger partial charge in [0.1, 0.15) is 22.8 Å². The number of aromatic nitrogens is 1. The third-order valence-electron chi connectivity index (χ3n) is 2.09. The van der Waals surface area contributed by atoms with Gasteiger partial charge >= 0.3 is 0 Å². The molecule has 17 heavy (non-hydrogen) atoms. The molecular weight excluding hydrogens is 353 g/mol. The Morgan fingerprint density at radius 3 is 2.65 bits per heavy atom. The summed E-state index contributed by atoms with van der Waals surface area (Å²) in [5.74, 6) is 0.396. The topological polar surface area (TPSA) is 22.1 Å². The quantitative estimate of drug-likeness (QED) is 0.760. The van der Waals surface area contributed by atoms with E-state index in [1.54, 1.807) is 24.4 Å². The van der Waals surface area contributed by atoms with Crippen LogP contribution in [-0.2, 0) is 6.61 Å². The van der Waals surface area contributed by atoms with Crippen molar-refractivity contribution in [2.45, 2.75) is 6.61 Å². The SMILES string of the molecule is Fc1ccc(COc2ccc(Br)nc2)cc1Br. The van der Waals surface area contributed by atoms with E-state index in [0.29, 0.717) is 16.8 Å². The van der Waals surface area contributed by atoms with Gasteiger partial charge in [0.05, 0.1) is 10.7 Å². The maximum Gasteiger partial charge on any atom is 0.138 e. The van der Waals surface area contributed by atoms with Gasteiger partial charge < -0.3 is 4.74 Å². The Morgan fingerprint density at radius 1 is 1.18 bits per heavy atom. The highest BCUT2D eigenvalue weighted by Crippen LogP contribution is 2.19. The van der Waals surface area contributed by atoms with Crippen LogP contribution in [0.5, 0.6) is 5.75 Å². The lowest BCUT2D eigenvalue weighted by Gasteiger charge is -2.06. The molecule has 0 aliphatic carbocycles. The van der Waals surface area contributed by atoms with E-state index < -0.39 is 0 Å². The zero-order valence-electron chi connectivity index (χ0n) is 8.66. The Balaban J connectivity index is 2.02. The molecule has 2 aromatic rings. The van der Waals surface area contributed by atoms with Crippen LogP contribution in [0, 0.1) is 5.82 Å². The molecule has 0 aliphatic heterocycles. The molecule has 0 atom stereocenters. The minimum absolute atomic E-state index is 0.279. The number of nitrogens with zero attached hydrogens (tertiary/aromatic N) is 1. The smallest absolute Gasteiger partial charge is 0.138 e. The highest BCUT2D eigenvalue weighted by Gasteiger charge is 2.01. The van der Waals surface area contributed by atoms with Crippen LogP contribution in [-0.4, -0.2) is 4.98 Å². The molecule has 0 radical (unpaired) electrons. The van der Waals surface area contributed by atoms with Crippen LogP contribution in [0.1, 0.15) is 5.56 Å². The fourth-order valence-electron chi connectivity index (χ4n) is 1.24. The van der Waals surface area contributed by atoms with E-state index in [1.807, 2.05) is 6.07 Å². The molecule has 0 amide bonds. The van der Waals surface area contributed by atoms with Gasteiger partial charge in [0.2, 0.25) is 0 Å². The highest BCUT2D eigenvalue weighted by molar-refractivity contribution is 9.10. The minimum Gasteiger partial charge on any atom is -0.487 e. The molecule has 0 saturated carbocycles. The summed E-state index contributed by atoms with van der Waals surface area (Å²) in [6.07, 6.45) is 1.63. The Hall–Kier alpha value is -0.940. The van der Waals surface area contributed by atoms with Crippen molar-refractivity contribution in [3.63, 3.8) is 0 Å². The number of hydrogen-bond donors (Lipinski definition) is 0. The normalized spacial score (nSPS) is 10.3. The molecule has 0 aliphatic rings. The summed E-state index contributed by atoms with van der Waals surface area (Å²) in [5.41, 5.74) is 0.890. The van der Waals surface area contributed by atoms with E-state index in [2.05, 4.69) is 36.8 Å². The van der Waals surface area contributed by atoms with Crippen LogP contribution in [0.15, 0.2) is 45.6 Å². The van der Waals surface area contributed by atoms with E-state index >= 15 is 0 Å². The fraction of sp³-hybridized carbons (Fsp3) is 0.0833. The Morgan fingerprint density at radius 2 is 2.00 bits per heavy atom. The third-order valence-corrected chi connectivity index (χ3v) is 3.17. The molecule has 0 bridgehead atoms. The fourth-order valence-corrected chi connectivity index (χ4v) is 1.90. The molecule has 0 unspecified atom stereocenters. The number of ether oxygens (including phenoxy) is 1. The van der Waals surface area contributed by atoms with Gasteiger partial charge in [0.15, 0.2) is 0 Å². The van der Waals surface area contributed by atoms with Crippen LogP contribution < -0.4 is 4.74 Å². The van der Waals surface area contributed by atoms with Crippen molar-refractivity contribution in [3.8, 4) is 5.75 Å². The van der Waals surface area contributed by atoms with Crippen molar-refractivity contribution in [2.75, 3.05) is 0 Å². The van der Waals surface area contributed by atoms with E-state index in [4.69, 9.17) is 4.74 Å². The van der Waals surface area contributed by atoms with Crippen molar-refractivity contribution in [3.05, 3.63) is 57.0 Å². The average Bonchev–Trinajstić information content (AvgIpc) is 2.33. The molecule has 2 rings (SSSR count). The predicted octanol–water partition coefficient (Wildman–Crippen LogP) is 4.32. The summed E-state index contributed by atoms with van der Waals surface area (Å²) in [5, 5.41) is 0. The molecule has 0 N–H and O–H groups in total. The summed E-state index contributed by atoms with van der Waals surface area (Å²) >= 11 is 6.38. The summed E-state index contributed by atoms with van der Waals surface area (Å²) in [4.78, 5) is 4.05. The van der Waals surface area contributed by atoms with Gasteiger partial charge in [-0.2, -0.15) is 0 Å². The van der Waals surface area contributed by atoms with Crippen LogP contribution in [0.2, 0.25) is 0 Å². The van der Waals surface area contributed by atoms with Gasteiger partial charge in [-0.15, -0.1) is 0 Å². The molecule has 1 aromatic heterocycles. The van der Waals surface area contributed by atoms with E-state index in [9.17, 15) is 4.39 Å². The number of benzene rings is 1. The van der Waals surface area contributed by atoms with Crippen LogP contribution in [0.3, 0.4) is 0 Å². The van der Waals surface area contributed by atoms with Crippen LogP contribution in [0.25, 0.3) is 0 Å². The van der Waals surface area contributed by atoms with Crippen molar-refractivity contribution in [2.24, 2.45) is 0 Å². The van der Waals surface area contributed by atoms with Crippen molar-refractivity contribution < 1.29 is 9.13 Å². The van der Waals surface area contributed by atoms with Crippen molar-refractivity contribution in [1.82, 2.24) is 4.98 Å². The van der Waals surface area contributed by atoms with Crippen molar-refractivity contribution >= 4 is 31.9 Å². The zero-order chi connectivity index (χ0) is 12.3. The largest absolute Gasteiger partial charge is 0.487 e. The van der Waals surface area contributed by atoms with E-state index in [-0.39, 0.29) is 5.82 Å². The number of pyridine rings is 1. The van der Waals surface area contributed by atoms with Crippen LogP contribution in [0.4, 0.5) is 4.39 Å². The summed E-state index contributed by atoms with van der Waals surface area (Å²) in [7, 11) is 0. The maximum absolute atomic E-state index is 13.0. The maximum atomic E-state index is 13.0. The zero-order valence-corrected chi connectivity index (χ0v) is 11.8. The summed E-state index contributed by atoms with van der Waals surface area (Å²) in [6, 6.07) is 8.40. The molecular formula is C12H8Br2FNO. The van der Waals surface area contributed by atoms with Gasteiger partial charge in [-0.3, -0.25) is 0 Å². The minimum atomic E-state index is -0.279. The molecule has 2 nitrogen and oxygen atoms in total. The molecule has 1 aromatic carbocycles. The lowest BCUT2D eigenvalue weighted by molar-refractivity contribution is 0.304. The number of rotatable bonds is 3. The van der Waals surface area contributed by atoms with Crippen molar-refractivity contribution in [1.29, 1.82) is 0 Å². The van der Waals surface area contributed by atoms with Crippen LogP contribution >= 0.6 is 31.9 Å². The molecule has 0 saturated heterocycles. The van der Waals surface area contributed by atoms with Gasteiger partial charge in [0, 0.05) is 0 Å². The molecule has 5 heteroatoms. The molecule has 88 valence electrons. The van der Waals surface area contributed by atoms with Gasteiger partial charge in [-0.1, -0.05) is 6.07 Å². The lowest BCUT2D eigenvalue weighted by atomic mass is 10.2. The first-order valence-corrected chi connectivity index (χ1v) is 6.42. The monoisotopic (exact) mass is 359 g/mol. The second-order valence-electron chi connectivity index (χ2n) is 3.35. The van der Waals surface area contributed by atoms with Gasteiger partial charge in [-0.05, 0) is 61.7 Å². The summed E-state index contributed by atoms with van der Waals surface area (Å²) < 4.78 is 19.7. The highest BCUT2D eigenvalue weighted by atomic mass is 79.9. The van der Waals surface area contributed by atoms with Gasteiger partial charge in [-0.25, -0.2) is 9.37 Å².